The normalized spacial score (nSPS) is 13.9. The Bertz CT molecular complexity index is 1300. The molecule has 0 saturated carbocycles. The minimum Gasteiger partial charge on any atom is -0.497 e. The van der Waals surface area contributed by atoms with Crippen molar-refractivity contribution in [3.05, 3.63) is 83.6 Å². The van der Waals surface area contributed by atoms with E-state index in [9.17, 15) is 4.79 Å². The van der Waals surface area contributed by atoms with Gasteiger partial charge < -0.3 is 19.1 Å². The molecule has 3 heterocycles. The highest BCUT2D eigenvalue weighted by Crippen LogP contribution is 2.28. The van der Waals surface area contributed by atoms with Crippen LogP contribution < -0.4 is 9.64 Å². The summed E-state index contributed by atoms with van der Waals surface area (Å²) in [7, 11) is 3.60. The smallest absolute Gasteiger partial charge is 0.272 e. The molecule has 174 valence electrons. The number of para-hydroxylation sites is 1. The molecule has 34 heavy (non-hydrogen) atoms. The zero-order chi connectivity index (χ0) is 23.7. The van der Waals surface area contributed by atoms with Crippen LogP contribution in [0.2, 0.25) is 5.02 Å². The minimum atomic E-state index is -0.0393. The van der Waals surface area contributed by atoms with Crippen molar-refractivity contribution in [3.63, 3.8) is 0 Å². The van der Waals surface area contributed by atoms with Crippen LogP contribution in [0.1, 0.15) is 10.5 Å². The van der Waals surface area contributed by atoms with Gasteiger partial charge in [0.15, 0.2) is 0 Å². The molecule has 0 radical (unpaired) electrons. The number of amides is 1. The van der Waals surface area contributed by atoms with Crippen molar-refractivity contribution in [1.29, 1.82) is 0 Å². The van der Waals surface area contributed by atoms with Gasteiger partial charge in [-0.25, -0.2) is 4.68 Å². The summed E-state index contributed by atoms with van der Waals surface area (Å²) in [5.74, 6) is 0.713. The molecule has 1 fully saturated rings. The molecule has 0 unspecified atom stereocenters. The third kappa shape index (κ3) is 4.15. The maximum absolute atomic E-state index is 13.7. The van der Waals surface area contributed by atoms with Crippen LogP contribution in [0.5, 0.6) is 5.75 Å². The third-order valence-corrected chi connectivity index (χ3v) is 6.53. The van der Waals surface area contributed by atoms with Gasteiger partial charge in [0.25, 0.3) is 5.91 Å². The number of rotatable bonds is 5. The van der Waals surface area contributed by atoms with Crippen molar-refractivity contribution in [2.45, 2.75) is 0 Å². The van der Waals surface area contributed by atoms with Crippen LogP contribution in [0, 0.1) is 0 Å². The second-order valence-corrected chi connectivity index (χ2v) is 8.67. The average molecular weight is 476 g/mol. The number of halogens is 1. The molecular weight excluding hydrogens is 450 g/mol. The van der Waals surface area contributed by atoms with E-state index < -0.39 is 0 Å². The molecule has 1 aliphatic heterocycles. The summed E-state index contributed by atoms with van der Waals surface area (Å²) in [6.07, 6.45) is 1.97. The first kappa shape index (κ1) is 22.1. The molecule has 1 amide bonds. The van der Waals surface area contributed by atoms with Crippen molar-refractivity contribution in [2.75, 3.05) is 38.2 Å². The van der Waals surface area contributed by atoms with Crippen molar-refractivity contribution in [1.82, 2.24) is 19.2 Å². The third-order valence-electron chi connectivity index (χ3n) is 6.21. The van der Waals surface area contributed by atoms with E-state index in [0.29, 0.717) is 18.8 Å². The second kappa shape index (κ2) is 9.27. The molecule has 2 aromatic carbocycles. The van der Waals surface area contributed by atoms with Gasteiger partial charge in [0, 0.05) is 39.4 Å². The van der Waals surface area contributed by atoms with Gasteiger partial charge in [-0.15, -0.1) is 0 Å². The summed E-state index contributed by atoms with van der Waals surface area (Å²) in [5, 5.41) is 5.54. The van der Waals surface area contributed by atoms with Gasteiger partial charge in [-0.05, 0) is 54.6 Å². The summed E-state index contributed by atoms with van der Waals surface area (Å²) >= 11 is 6.38. The first-order valence-electron chi connectivity index (χ1n) is 11.2. The lowest BCUT2D eigenvalue weighted by Crippen LogP contribution is -2.49. The quantitative estimate of drug-likeness (QED) is 0.426. The Hall–Kier alpha value is -3.71. The summed E-state index contributed by atoms with van der Waals surface area (Å²) in [6.45, 7) is 2.66. The molecule has 0 atom stereocenters. The molecule has 5 rings (SSSR count). The predicted octanol–water partition coefficient (Wildman–Crippen LogP) is 4.50. The van der Waals surface area contributed by atoms with Gasteiger partial charge in [-0.1, -0.05) is 23.7 Å². The number of anilines is 1. The number of ether oxygens (including phenoxy) is 1. The number of methoxy groups -OCH3 is 1. The van der Waals surface area contributed by atoms with Crippen LogP contribution in [0.4, 0.5) is 5.69 Å². The van der Waals surface area contributed by atoms with Gasteiger partial charge in [0.1, 0.15) is 17.1 Å². The fourth-order valence-corrected chi connectivity index (χ4v) is 4.58. The fraction of sp³-hybridized carbons (Fsp3) is 0.231. The zero-order valence-corrected chi connectivity index (χ0v) is 19.9. The minimum absolute atomic E-state index is 0.0393. The lowest BCUT2D eigenvalue weighted by atomic mass is 10.2. The van der Waals surface area contributed by atoms with E-state index in [1.807, 2.05) is 89.4 Å². The first-order chi connectivity index (χ1) is 16.5. The fourth-order valence-electron chi connectivity index (χ4n) is 4.33. The summed E-state index contributed by atoms with van der Waals surface area (Å²) in [4.78, 5) is 17.8. The topological polar surface area (TPSA) is 55.5 Å². The van der Waals surface area contributed by atoms with Gasteiger partial charge in [0.05, 0.1) is 29.2 Å². The maximum atomic E-state index is 13.7. The Morgan fingerprint density at radius 2 is 1.71 bits per heavy atom. The van der Waals surface area contributed by atoms with Gasteiger partial charge in [-0.3, -0.25) is 4.79 Å². The highest BCUT2D eigenvalue weighted by molar-refractivity contribution is 6.33. The Morgan fingerprint density at radius 3 is 2.35 bits per heavy atom. The lowest BCUT2D eigenvalue weighted by molar-refractivity contribution is 0.0737. The Morgan fingerprint density at radius 1 is 0.971 bits per heavy atom. The van der Waals surface area contributed by atoms with Crippen LogP contribution >= 0.6 is 11.6 Å². The standard InChI is InChI=1S/C26H26ClN5O2/c1-29-13-5-8-24(29)22-18-25(32(28-22)19-9-11-20(34-2)12-10-19)26(33)31-16-14-30(15-17-31)23-7-4-3-6-21(23)27/h3-13,18H,14-17H2,1-2H3. The van der Waals surface area contributed by atoms with E-state index in [1.54, 1.807) is 11.8 Å². The Balaban J connectivity index is 1.44. The van der Waals surface area contributed by atoms with Gasteiger partial charge in [0.2, 0.25) is 0 Å². The van der Waals surface area contributed by atoms with E-state index in [1.165, 1.54) is 0 Å². The monoisotopic (exact) mass is 475 g/mol. The molecule has 7 nitrogen and oxygen atoms in total. The SMILES string of the molecule is COc1ccc(-n2nc(-c3cccn3C)cc2C(=O)N2CCN(c3ccccc3Cl)CC2)cc1. The van der Waals surface area contributed by atoms with Crippen LogP contribution in [0.3, 0.4) is 0 Å². The van der Waals surface area contributed by atoms with E-state index in [2.05, 4.69) is 4.90 Å². The van der Waals surface area contributed by atoms with Crippen LogP contribution in [0.15, 0.2) is 72.9 Å². The molecule has 8 heteroatoms. The molecule has 0 N–H and O–H groups in total. The lowest BCUT2D eigenvalue weighted by Gasteiger charge is -2.36. The summed E-state index contributed by atoms with van der Waals surface area (Å²) in [5.41, 5.74) is 4.05. The number of aryl methyl sites for hydroxylation is 1. The molecule has 0 bridgehead atoms. The van der Waals surface area contributed by atoms with E-state index in [4.69, 9.17) is 21.4 Å². The number of aromatic nitrogens is 3. The molecule has 4 aromatic rings. The number of nitrogens with zero attached hydrogens (tertiary/aromatic N) is 5. The number of hydrogen-bond donors (Lipinski definition) is 0. The second-order valence-electron chi connectivity index (χ2n) is 8.26. The molecule has 0 spiro atoms. The molecular formula is C26H26ClN5O2. The van der Waals surface area contributed by atoms with Crippen molar-refractivity contribution < 1.29 is 9.53 Å². The Labute approximate surface area is 203 Å². The average Bonchev–Trinajstić information content (AvgIpc) is 3.50. The molecule has 2 aromatic heterocycles. The number of hydrogen-bond acceptors (Lipinski definition) is 4. The summed E-state index contributed by atoms with van der Waals surface area (Å²) in [6, 6.07) is 21.2. The number of benzene rings is 2. The summed E-state index contributed by atoms with van der Waals surface area (Å²) < 4.78 is 9.01. The maximum Gasteiger partial charge on any atom is 0.272 e. The van der Waals surface area contributed by atoms with E-state index in [0.717, 1.165) is 46.6 Å². The number of piperazine rings is 1. The zero-order valence-electron chi connectivity index (χ0n) is 19.2. The molecule has 1 aliphatic rings. The highest BCUT2D eigenvalue weighted by atomic mass is 35.5. The van der Waals surface area contributed by atoms with Gasteiger partial charge >= 0.3 is 0 Å². The van der Waals surface area contributed by atoms with E-state index >= 15 is 0 Å². The highest BCUT2D eigenvalue weighted by Gasteiger charge is 2.27. The number of carbonyl (C=O) groups is 1. The van der Waals surface area contributed by atoms with Gasteiger partial charge in [-0.2, -0.15) is 5.10 Å². The molecule has 1 saturated heterocycles. The van der Waals surface area contributed by atoms with Crippen molar-refractivity contribution in [2.24, 2.45) is 7.05 Å². The number of carbonyl (C=O) groups excluding carboxylic acids is 1. The van der Waals surface area contributed by atoms with Crippen molar-refractivity contribution in [3.8, 4) is 22.8 Å². The van der Waals surface area contributed by atoms with Crippen molar-refractivity contribution >= 4 is 23.2 Å². The van der Waals surface area contributed by atoms with E-state index in [-0.39, 0.29) is 5.91 Å². The van der Waals surface area contributed by atoms with Crippen LogP contribution in [-0.4, -0.2) is 58.4 Å². The predicted molar refractivity (Wildman–Crippen MR) is 134 cm³/mol. The molecule has 0 aliphatic carbocycles. The van der Waals surface area contributed by atoms with Crippen LogP contribution in [-0.2, 0) is 7.05 Å². The largest absolute Gasteiger partial charge is 0.497 e. The van der Waals surface area contributed by atoms with Crippen LogP contribution in [0.25, 0.3) is 17.1 Å². The first-order valence-corrected chi connectivity index (χ1v) is 11.6. The Kier molecular flexibility index (Phi) is 6.02.